The molecule has 218 valence electrons. The lowest BCUT2D eigenvalue weighted by Crippen LogP contribution is -2.59. The Morgan fingerprint density at radius 2 is 1.72 bits per heavy atom. The largest absolute Gasteiger partial charge is 0.399 e. The lowest BCUT2D eigenvalue weighted by atomic mass is 9.84. The molecule has 1 aliphatic rings. The predicted octanol–water partition coefficient (Wildman–Crippen LogP) is 2.52. The number of anilines is 1. The third-order valence-electron chi connectivity index (χ3n) is 7.15. The molecule has 1 aromatic carbocycles. The van der Waals surface area contributed by atoms with Crippen LogP contribution in [0.25, 0.3) is 0 Å². The van der Waals surface area contributed by atoms with Gasteiger partial charge in [0, 0.05) is 18.3 Å². The van der Waals surface area contributed by atoms with Crippen LogP contribution in [0.4, 0.5) is 5.69 Å². The number of benzene rings is 1. The minimum atomic E-state index is -4.10. The molecular formula is C28H45N5O5S. The van der Waals surface area contributed by atoms with E-state index in [1.165, 1.54) is 36.1 Å². The summed E-state index contributed by atoms with van der Waals surface area (Å²) in [4.78, 5) is 43.3. The number of hydrogen-bond donors (Lipinski definition) is 3. The third kappa shape index (κ3) is 8.53. The topological polar surface area (TPSA) is 142 Å². The van der Waals surface area contributed by atoms with E-state index >= 15 is 0 Å². The fourth-order valence-corrected chi connectivity index (χ4v) is 5.65. The molecule has 2 rings (SSSR count). The highest BCUT2D eigenvalue weighted by Gasteiger charge is 2.39. The first kappa shape index (κ1) is 32.3. The fraction of sp³-hybridized carbons (Fsp3) is 0.607. The lowest BCUT2D eigenvalue weighted by molar-refractivity contribution is -0.141. The fourth-order valence-electron chi connectivity index (χ4n) is 4.64. The molecule has 1 saturated heterocycles. The molecule has 0 bridgehead atoms. The maximum atomic E-state index is 13.8. The highest BCUT2D eigenvalue weighted by molar-refractivity contribution is 7.90. The van der Waals surface area contributed by atoms with Gasteiger partial charge in [0.05, 0.1) is 17.0 Å². The number of hydrogen-bond acceptors (Lipinski definition) is 7. The van der Waals surface area contributed by atoms with Gasteiger partial charge >= 0.3 is 0 Å². The average Bonchev–Trinajstić information content (AvgIpc) is 2.84. The van der Waals surface area contributed by atoms with Crippen LogP contribution in [-0.4, -0.2) is 74.7 Å². The van der Waals surface area contributed by atoms with Crippen LogP contribution in [0.3, 0.4) is 0 Å². The Bertz CT molecular complexity index is 1170. The molecule has 1 aromatic rings. The summed E-state index contributed by atoms with van der Waals surface area (Å²) in [7, 11) is -0.546. The second-order valence-corrected chi connectivity index (χ2v) is 13.5. The molecule has 0 aromatic heterocycles. The second-order valence-electron chi connectivity index (χ2n) is 11.8. The van der Waals surface area contributed by atoms with Crippen molar-refractivity contribution in [2.24, 2.45) is 11.3 Å². The number of likely N-dealkylation sites (N-methyl/N-ethyl adjacent to an activating group) is 2. The van der Waals surface area contributed by atoms with Gasteiger partial charge in [-0.05, 0) is 69.0 Å². The first-order chi connectivity index (χ1) is 18.0. The number of nitrogen functional groups attached to an aromatic ring is 1. The molecule has 0 unspecified atom stereocenters. The van der Waals surface area contributed by atoms with E-state index < -0.39 is 33.4 Å². The molecule has 39 heavy (non-hydrogen) atoms. The van der Waals surface area contributed by atoms with E-state index in [2.05, 4.69) is 10.0 Å². The summed E-state index contributed by atoms with van der Waals surface area (Å²) < 4.78 is 27.4. The molecule has 0 spiro atoms. The van der Waals surface area contributed by atoms with Crippen LogP contribution in [0.5, 0.6) is 0 Å². The average molecular weight is 564 g/mol. The van der Waals surface area contributed by atoms with E-state index in [1.807, 2.05) is 46.6 Å². The number of nitrogens with two attached hydrogens (primary N) is 1. The van der Waals surface area contributed by atoms with Gasteiger partial charge in [-0.1, -0.05) is 47.1 Å². The number of carbonyl (C=O) groups excluding carboxylic acids is 3. The summed E-state index contributed by atoms with van der Waals surface area (Å²) >= 11 is 0. The highest BCUT2D eigenvalue weighted by Crippen LogP contribution is 2.25. The Morgan fingerprint density at radius 3 is 2.23 bits per heavy atom. The van der Waals surface area contributed by atoms with E-state index in [-0.39, 0.29) is 34.2 Å². The molecule has 1 fully saturated rings. The van der Waals surface area contributed by atoms with Gasteiger partial charge in [0.2, 0.25) is 11.8 Å². The van der Waals surface area contributed by atoms with Crippen LogP contribution in [-0.2, 0) is 24.4 Å². The number of piperidine rings is 1. The summed E-state index contributed by atoms with van der Waals surface area (Å²) in [5.74, 6) is -1.35. The Kier molecular flexibility index (Phi) is 10.7. The summed E-state index contributed by atoms with van der Waals surface area (Å²) in [5.41, 5.74) is 5.60. The third-order valence-corrected chi connectivity index (χ3v) is 8.49. The standard InChI is InChI=1S/C28H45N5O5S/c1-18(2)23(17-19(3)25(34)31-39(37,38)21-14-12-20(29)13-15-21)33(8)27(36)24(28(4,5)6)30-26(35)22-11-9-10-16-32(22)7/h12-15,17-18,22-24H,9-11,16,29H2,1-8H3,(H,30,35)(H,31,34)/t22-,23-,24-/m1/s1. The Morgan fingerprint density at radius 1 is 1.13 bits per heavy atom. The predicted molar refractivity (Wildman–Crippen MR) is 153 cm³/mol. The van der Waals surface area contributed by atoms with Crippen molar-refractivity contribution in [2.45, 2.75) is 83.8 Å². The van der Waals surface area contributed by atoms with Crippen molar-refractivity contribution in [3.8, 4) is 0 Å². The SMILES string of the molecule is CC(=C[C@H](C(C)C)N(C)C(=O)[C@@H](NC(=O)[C@H]1CCCCN1C)C(C)(C)C)C(=O)NS(=O)(=O)c1ccc(N)cc1. The van der Waals surface area contributed by atoms with Crippen molar-refractivity contribution in [2.75, 3.05) is 26.4 Å². The van der Waals surface area contributed by atoms with Gasteiger partial charge in [0.15, 0.2) is 0 Å². The van der Waals surface area contributed by atoms with Crippen molar-refractivity contribution < 1.29 is 22.8 Å². The number of amides is 3. The quantitative estimate of drug-likeness (QED) is 0.310. The van der Waals surface area contributed by atoms with Gasteiger partial charge in [-0.15, -0.1) is 0 Å². The zero-order chi connectivity index (χ0) is 29.7. The van der Waals surface area contributed by atoms with Crippen molar-refractivity contribution in [1.29, 1.82) is 0 Å². The number of nitrogens with one attached hydrogen (secondary N) is 2. The minimum Gasteiger partial charge on any atom is -0.399 e. The Balaban J connectivity index is 2.25. The van der Waals surface area contributed by atoms with Crippen molar-refractivity contribution >= 4 is 33.4 Å². The second kappa shape index (κ2) is 13.0. The van der Waals surface area contributed by atoms with Gasteiger partial charge in [-0.3, -0.25) is 19.3 Å². The number of likely N-dealkylation sites (tertiary alicyclic amines) is 1. The number of nitrogens with zero attached hydrogens (tertiary/aromatic N) is 2. The van der Waals surface area contributed by atoms with Gasteiger partial charge in [-0.2, -0.15) is 0 Å². The summed E-state index contributed by atoms with van der Waals surface area (Å²) in [6, 6.07) is 3.92. The molecule has 10 nitrogen and oxygen atoms in total. The first-order valence-corrected chi connectivity index (χ1v) is 14.8. The molecule has 3 amide bonds. The molecule has 3 atom stereocenters. The van der Waals surface area contributed by atoms with E-state index in [1.54, 1.807) is 13.1 Å². The monoisotopic (exact) mass is 563 g/mol. The summed E-state index contributed by atoms with van der Waals surface area (Å²) in [6.07, 6.45) is 4.34. The van der Waals surface area contributed by atoms with Gasteiger partial charge in [-0.25, -0.2) is 13.1 Å². The van der Waals surface area contributed by atoms with Crippen LogP contribution in [0.1, 0.15) is 60.8 Å². The number of sulfonamides is 1. The van der Waals surface area contributed by atoms with Crippen LogP contribution >= 0.6 is 0 Å². The zero-order valence-corrected chi connectivity index (χ0v) is 25.3. The van der Waals surface area contributed by atoms with E-state index in [0.29, 0.717) is 5.69 Å². The molecule has 0 aliphatic carbocycles. The van der Waals surface area contributed by atoms with E-state index in [0.717, 1.165) is 25.8 Å². The summed E-state index contributed by atoms with van der Waals surface area (Å²) in [5, 5.41) is 3.00. The Hall–Kier alpha value is -2.92. The first-order valence-electron chi connectivity index (χ1n) is 13.3. The molecule has 0 radical (unpaired) electrons. The molecule has 11 heteroatoms. The Labute approximate surface area is 233 Å². The van der Waals surface area contributed by atoms with E-state index in [9.17, 15) is 22.8 Å². The van der Waals surface area contributed by atoms with Crippen LogP contribution in [0.15, 0.2) is 40.8 Å². The van der Waals surface area contributed by atoms with Crippen LogP contribution in [0, 0.1) is 11.3 Å². The normalized spacial score (nSPS) is 18.8. The molecular weight excluding hydrogens is 518 g/mol. The van der Waals surface area contributed by atoms with Gasteiger partial charge < -0.3 is 16.0 Å². The number of rotatable bonds is 9. The van der Waals surface area contributed by atoms with E-state index in [4.69, 9.17) is 5.73 Å². The molecule has 1 heterocycles. The summed E-state index contributed by atoms with van der Waals surface area (Å²) in [6.45, 7) is 11.8. The zero-order valence-electron chi connectivity index (χ0n) is 24.4. The highest BCUT2D eigenvalue weighted by atomic mass is 32.2. The van der Waals surface area contributed by atoms with Crippen molar-refractivity contribution in [3.63, 3.8) is 0 Å². The van der Waals surface area contributed by atoms with Crippen LogP contribution < -0.4 is 15.8 Å². The van der Waals surface area contributed by atoms with Crippen molar-refractivity contribution in [1.82, 2.24) is 19.8 Å². The van der Waals surface area contributed by atoms with Gasteiger partial charge in [0.1, 0.15) is 6.04 Å². The lowest BCUT2D eigenvalue weighted by Gasteiger charge is -2.39. The molecule has 0 saturated carbocycles. The smallest absolute Gasteiger partial charge is 0.264 e. The maximum absolute atomic E-state index is 13.8. The van der Waals surface area contributed by atoms with Crippen LogP contribution in [0.2, 0.25) is 0 Å². The van der Waals surface area contributed by atoms with Crippen molar-refractivity contribution in [3.05, 3.63) is 35.9 Å². The molecule has 4 N–H and O–H groups in total. The number of carbonyl (C=O) groups is 3. The van der Waals surface area contributed by atoms with Gasteiger partial charge in [0.25, 0.3) is 15.9 Å². The maximum Gasteiger partial charge on any atom is 0.264 e. The minimum absolute atomic E-state index is 0.0853. The molecule has 1 aliphatic heterocycles.